The smallest absolute Gasteiger partial charge is 0.407 e. The molecule has 0 heterocycles. The average molecular weight is 468 g/mol. The van der Waals surface area contributed by atoms with Gasteiger partial charge in [-0.3, -0.25) is 0 Å². The lowest BCUT2D eigenvalue weighted by Gasteiger charge is -2.20. The summed E-state index contributed by atoms with van der Waals surface area (Å²) in [6.07, 6.45) is -3.66. The van der Waals surface area contributed by atoms with E-state index in [1.54, 1.807) is 0 Å². The highest BCUT2D eigenvalue weighted by molar-refractivity contribution is 6.31. The molecule has 3 aromatic rings. The quantitative estimate of drug-likeness (QED) is 0.418. The summed E-state index contributed by atoms with van der Waals surface area (Å²) < 4.78 is 5.40. The van der Waals surface area contributed by atoms with E-state index in [1.165, 1.54) is 18.2 Å². The molecule has 8 heteroatoms. The van der Waals surface area contributed by atoms with Crippen molar-refractivity contribution in [2.45, 2.75) is 18.1 Å². The summed E-state index contributed by atoms with van der Waals surface area (Å²) in [7, 11) is 0. The molecule has 170 valence electrons. The van der Waals surface area contributed by atoms with Gasteiger partial charge in [0.1, 0.15) is 18.8 Å². The largest absolute Gasteiger partial charge is 0.478 e. The van der Waals surface area contributed by atoms with E-state index < -0.39 is 24.3 Å². The van der Waals surface area contributed by atoms with E-state index >= 15 is 0 Å². The van der Waals surface area contributed by atoms with Crippen molar-refractivity contribution in [3.05, 3.63) is 94.0 Å². The number of amides is 1. The number of fused-ring (bicyclic) bond motifs is 3. The lowest BCUT2D eigenvalue weighted by Crippen LogP contribution is -2.36. The number of hydrogen-bond donors (Lipinski definition) is 4. The van der Waals surface area contributed by atoms with Gasteiger partial charge in [0.05, 0.1) is 5.56 Å². The number of aliphatic hydroxyl groups is 2. The number of hydrogen-bond acceptors (Lipinski definition) is 5. The summed E-state index contributed by atoms with van der Waals surface area (Å²) in [5.41, 5.74) is 4.36. The predicted octanol–water partition coefficient (Wildman–Crippen LogP) is 3.97. The maximum absolute atomic E-state index is 12.3. The Morgan fingerprint density at radius 2 is 1.58 bits per heavy atom. The Balaban J connectivity index is 1.36. The van der Waals surface area contributed by atoms with Crippen LogP contribution in [-0.4, -0.2) is 46.6 Å². The summed E-state index contributed by atoms with van der Waals surface area (Å²) in [5, 5.41) is 32.3. The molecule has 1 amide bonds. The Hall–Kier alpha value is -3.39. The van der Waals surface area contributed by atoms with Crippen LogP contribution >= 0.6 is 11.6 Å². The third-order valence-electron chi connectivity index (χ3n) is 5.73. The average Bonchev–Trinajstić information content (AvgIpc) is 3.14. The highest BCUT2D eigenvalue weighted by Gasteiger charge is 2.29. The number of carboxylic acids is 1. The van der Waals surface area contributed by atoms with Crippen LogP contribution in [0.15, 0.2) is 66.7 Å². The number of alkyl carbamates (subject to hydrolysis) is 1. The van der Waals surface area contributed by atoms with Crippen LogP contribution in [0.4, 0.5) is 4.79 Å². The third-order valence-corrected chi connectivity index (χ3v) is 6.07. The van der Waals surface area contributed by atoms with Gasteiger partial charge in [0, 0.05) is 23.0 Å². The molecular weight excluding hydrogens is 446 g/mol. The van der Waals surface area contributed by atoms with Crippen LogP contribution in [0.1, 0.15) is 39.1 Å². The minimum Gasteiger partial charge on any atom is -0.478 e. The summed E-state index contributed by atoms with van der Waals surface area (Å²) in [6.45, 7) is -0.198. The first-order valence-electron chi connectivity index (χ1n) is 10.3. The maximum atomic E-state index is 12.3. The van der Waals surface area contributed by atoms with Crippen molar-refractivity contribution in [3.8, 4) is 11.1 Å². The van der Waals surface area contributed by atoms with Crippen molar-refractivity contribution in [2.24, 2.45) is 0 Å². The second kappa shape index (κ2) is 9.62. The van der Waals surface area contributed by atoms with E-state index in [0.29, 0.717) is 0 Å². The van der Waals surface area contributed by atoms with Gasteiger partial charge < -0.3 is 25.4 Å². The summed E-state index contributed by atoms with van der Waals surface area (Å²) >= 11 is 6.03. The fourth-order valence-corrected chi connectivity index (χ4v) is 4.29. The first kappa shape index (κ1) is 22.8. The van der Waals surface area contributed by atoms with E-state index in [0.717, 1.165) is 22.3 Å². The number of carbonyl (C=O) groups is 2. The minimum atomic E-state index is -1.49. The Labute approximate surface area is 195 Å². The van der Waals surface area contributed by atoms with E-state index in [1.807, 2.05) is 48.5 Å². The molecule has 2 unspecified atom stereocenters. The molecule has 0 saturated heterocycles. The molecule has 0 aliphatic heterocycles. The molecule has 1 aliphatic rings. The summed E-state index contributed by atoms with van der Waals surface area (Å²) in [5.74, 6) is -1.29. The maximum Gasteiger partial charge on any atom is 0.407 e. The number of ether oxygens (including phenoxy) is 1. The van der Waals surface area contributed by atoms with Crippen LogP contribution in [0.25, 0.3) is 11.1 Å². The number of carboxylic acid groups (broad SMARTS) is 1. The van der Waals surface area contributed by atoms with Gasteiger partial charge in [0.25, 0.3) is 0 Å². The number of halogens is 1. The van der Waals surface area contributed by atoms with Gasteiger partial charge in [-0.05, 0) is 40.5 Å². The molecule has 0 bridgehead atoms. The van der Waals surface area contributed by atoms with Crippen molar-refractivity contribution in [2.75, 3.05) is 13.2 Å². The normalized spacial score (nSPS) is 14.2. The van der Waals surface area contributed by atoms with Gasteiger partial charge in [-0.2, -0.15) is 0 Å². The first-order valence-corrected chi connectivity index (χ1v) is 10.7. The zero-order chi connectivity index (χ0) is 23.5. The fourth-order valence-electron chi connectivity index (χ4n) is 4.06. The molecule has 1 aliphatic carbocycles. The highest BCUT2D eigenvalue weighted by atomic mass is 35.5. The first-order chi connectivity index (χ1) is 15.9. The molecule has 0 fully saturated rings. The molecule has 0 radical (unpaired) electrons. The van der Waals surface area contributed by atoms with Gasteiger partial charge in [-0.15, -0.1) is 0 Å². The topological polar surface area (TPSA) is 116 Å². The van der Waals surface area contributed by atoms with Crippen molar-refractivity contribution in [1.29, 1.82) is 0 Å². The Bertz CT molecular complexity index is 1150. The van der Waals surface area contributed by atoms with Gasteiger partial charge in [0.15, 0.2) is 0 Å². The van der Waals surface area contributed by atoms with Crippen molar-refractivity contribution in [1.82, 2.24) is 5.32 Å². The standard InChI is InChI=1S/C25H22ClNO6/c26-21-10-9-14(24(30)31)11-19(21)23(29)22(28)12-27-25(32)33-13-20-17-7-3-1-5-15(17)16-6-2-4-8-18(16)20/h1-11,20,22-23,28-29H,12-13H2,(H,27,32)(H,30,31). The molecule has 33 heavy (non-hydrogen) atoms. The summed E-state index contributed by atoms with van der Waals surface area (Å²) in [4.78, 5) is 23.4. The molecule has 2 atom stereocenters. The van der Waals surface area contributed by atoms with Crippen molar-refractivity contribution < 1.29 is 29.6 Å². The lowest BCUT2D eigenvalue weighted by molar-refractivity contribution is 0.0185. The predicted molar refractivity (Wildman–Crippen MR) is 122 cm³/mol. The van der Waals surface area contributed by atoms with Gasteiger partial charge in [0.2, 0.25) is 0 Å². The monoisotopic (exact) mass is 467 g/mol. The number of rotatable bonds is 7. The number of aliphatic hydroxyl groups excluding tert-OH is 2. The zero-order valence-electron chi connectivity index (χ0n) is 17.4. The molecule has 0 spiro atoms. The van der Waals surface area contributed by atoms with Crippen LogP contribution in [0.3, 0.4) is 0 Å². The van der Waals surface area contributed by atoms with Crippen LogP contribution in [-0.2, 0) is 4.74 Å². The van der Waals surface area contributed by atoms with Crippen LogP contribution in [0.2, 0.25) is 5.02 Å². The van der Waals surface area contributed by atoms with Crippen LogP contribution < -0.4 is 5.32 Å². The minimum absolute atomic E-state index is 0.0541. The van der Waals surface area contributed by atoms with E-state index in [4.69, 9.17) is 21.4 Å². The number of carbonyl (C=O) groups excluding carboxylic acids is 1. The molecule has 0 saturated carbocycles. The lowest BCUT2D eigenvalue weighted by atomic mass is 9.98. The molecule has 4 N–H and O–H groups in total. The Morgan fingerprint density at radius 1 is 0.970 bits per heavy atom. The second-order valence-corrected chi connectivity index (χ2v) is 8.17. The SMILES string of the molecule is O=C(NCC(O)C(O)c1cc(C(=O)O)ccc1Cl)OCC1c2ccccc2-c2ccccc21. The number of aromatic carboxylic acids is 1. The third kappa shape index (κ3) is 4.71. The van der Waals surface area contributed by atoms with Gasteiger partial charge in [-0.25, -0.2) is 9.59 Å². The van der Waals surface area contributed by atoms with E-state index in [9.17, 15) is 19.8 Å². The fraction of sp³-hybridized carbons (Fsp3) is 0.200. The van der Waals surface area contributed by atoms with E-state index in [-0.39, 0.29) is 35.2 Å². The molecule has 0 aromatic heterocycles. The van der Waals surface area contributed by atoms with Crippen LogP contribution in [0, 0.1) is 0 Å². The Morgan fingerprint density at radius 3 is 2.18 bits per heavy atom. The van der Waals surface area contributed by atoms with Gasteiger partial charge in [-0.1, -0.05) is 60.1 Å². The number of benzene rings is 3. The van der Waals surface area contributed by atoms with Crippen molar-refractivity contribution >= 4 is 23.7 Å². The van der Waals surface area contributed by atoms with Crippen molar-refractivity contribution in [3.63, 3.8) is 0 Å². The highest BCUT2D eigenvalue weighted by Crippen LogP contribution is 2.44. The molecule has 7 nitrogen and oxygen atoms in total. The number of nitrogens with one attached hydrogen (secondary N) is 1. The second-order valence-electron chi connectivity index (χ2n) is 7.76. The van der Waals surface area contributed by atoms with Gasteiger partial charge >= 0.3 is 12.1 Å². The Kier molecular flexibility index (Phi) is 6.65. The zero-order valence-corrected chi connectivity index (χ0v) is 18.2. The molecular formula is C25H22ClNO6. The van der Waals surface area contributed by atoms with E-state index in [2.05, 4.69) is 5.32 Å². The molecule has 4 rings (SSSR count). The summed E-state index contributed by atoms with van der Waals surface area (Å²) in [6, 6.07) is 19.7. The molecule has 3 aromatic carbocycles. The van der Waals surface area contributed by atoms with Crippen LogP contribution in [0.5, 0.6) is 0 Å².